The minimum Gasteiger partial charge on any atom is -0.339 e. The second kappa shape index (κ2) is 4.86. The maximum atomic E-state index is 12.3. The first kappa shape index (κ1) is 11.4. The number of hydrogen-bond donors (Lipinski definition) is 0. The Morgan fingerprint density at radius 3 is 2.73 bits per heavy atom. The van der Waals surface area contributed by atoms with Gasteiger partial charge in [0.05, 0.1) is 0 Å². The van der Waals surface area contributed by atoms with Gasteiger partial charge in [-0.25, -0.2) is 0 Å². The number of carbonyl (C=O) groups is 1. The van der Waals surface area contributed by atoms with Crippen molar-refractivity contribution in [3.05, 3.63) is 0 Å². The van der Waals surface area contributed by atoms with Gasteiger partial charge in [0, 0.05) is 23.8 Å². The largest absolute Gasteiger partial charge is 0.339 e. The fourth-order valence-corrected chi connectivity index (χ4v) is 3.18. The number of halogens is 1. The van der Waals surface area contributed by atoms with Crippen LogP contribution in [-0.2, 0) is 4.79 Å². The molecule has 0 aromatic rings. The van der Waals surface area contributed by atoms with E-state index in [0.29, 0.717) is 17.9 Å². The highest BCUT2D eigenvalue weighted by molar-refractivity contribution is 9.09. The molecular formula is C12H20BrNO. The molecule has 2 unspecified atom stereocenters. The van der Waals surface area contributed by atoms with Crippen LogP contribution in [0.2, 0.25) is 0 Å². The fourth-order valence-electron chi connectivity index (χ4n) is 2.51. The highest BCUT2D eigenvalue weighted by Crippen LogP contribution is 2.38. The van der Waals surface area contributed by atoms with E-state index in [1.54, 1.807) is 0 Å². The summed E-state index contributed by atoms with van der Waals surface area (Å²) < 4.78 is 0. The predicted molar refractivity (Wildman–Crippen MR) is 65.0 cm³/mol. The van der Waals surface area contributed by atoms with Crippen LogP contribution in [0.15, 0.2) is 0 Å². The number of alkyl halides is 1. The van der Waals surface area contributed by atoms with Crippen LogP contribution in [0.5, 0.6) is 0 Å². The zero-order valence-electron chi connectivity index (χ0n) is 9.42. The van der Waals surface area contributed by atoms with Gasteiger partial charge in [0.2, 0.25) is 5.91 Å². The Hall–Kier alpha value is -0.0500. The van der Waals surface area contributed by atoms with Gasteiger partial charge in [-0.3, -0.25) is 4.79 Å². The van der Waals surface area contributed by atoms with Crippen LogP contribution >= 0.6 is 15.9 Å². The molecule has 2 fully saturated rings. The molecule has 2 rings (SSSR count). The molecule has 1 amide bonds. The molecule has 2 nitrogen and oxygen atoms in total. The van der Waals surface area contributed by atoms with Crippen LogP contribution in [0.3, 0.4) is 0 Å². The monoisotopic (exact) mass is 273 g/mol. The van der Waals surface area contributed by atoms with Crippen molar-refractivity contribution in [2.45, 2.75) is 45.1 Å². The van der Waals surface area contributed by atoms with Gasteiger partial charge in [-0.1, -0.05) is 22.9 Å². The Balaban J connectivity index is 1.96. The molecule has 1 saturated carbocycles. The van der Waals surface area contributed by atoms with E-state index in [1.807, 2.05) is 0 Å². The summed E-state index contributed by atoms with van der Waals surface area (Å²) in [5.74, 6) is 1.36. The zero-order valence-corrected chi connectivity index (χ0v) is 11.0. The molecule has 0 radical (unpaired) electrons. The zero-order chi connectivity index (χ0) is 10.8. The van der Waals surface area contributed by atoms with Crippen LogP contribution in [0.1, 0.15) is 39.0 Å². The summed E-state index contributed by atoms with van der Waals surface area (Å²) >= 11 is 3.53. The van der Waals surface area contributed by atoms with Crippen molar-refractivity contribution in [3.8, 4) is 0 Å². The molecule has 3 heteroatoms. The van der Waals surface area contributed by atoms with Crippen molar-refractivity contribution in [2.24, 2.45) is 11.8 Å². The van der Waals surface area contributed by atoms with E-state index in [4.69, 9.17) is 0 Å². The van der Waals surface area contributed by atoms with Crippen molar-refractivity contribution in [1.29, 1.82) is 0 Å². The van der Waals surface area contributed by atoms with E-state index >= 15 is 0 Å². The summed E-state index contributed by atoms with van der Waals surface area (Å²) in [5.41, 5.74) is 0. The van der Waals surface area contributed by atoms with Gasteiger partial charge in [0.15, 0.2) is 0 Å². The first-order valence-corrected chi connectivity index (χ1v) is 7.22. The Kier molecular flexibility index (Phi) is 3.70. The third-order valence-electron chi connectivity index (χ3n) is 3.81. The summed E-state index contributed by atoms with van der Waals surface area (Å²) in [5, 5.41) is 0.941. The predicted octanol–water partition coefficient (Wildman–Crippen LogP) is 2.81. The average molecular weight is 274 g/mol. The van der Waals surface area contributed by atoms with Crippen molar-refractivity contribution in [3.63, 3.8) is 0 Å². The minimum atomic E-state index is 0.268. The van der Waals surface area contributed by atoms with Crippen LogP contribution < -0.4 is 0 Å². The maximum absolute atomic E-state index is 12.3. The Bertz CT molecular complexity index is 240. The summed E-state index contributed by atoms with van der Waals surface area (Å²) in [7, 11) is 0. The second-order valence-corrected chi connectivity index (χ2v) is 5.61. The lowest BCUT2D eigenvalue weighted by Gasteiger charge is -2.36. The highest BCUT2D eigenvalue weighted by Gasteiger charge is 2.37. The van der Waals surface area contributed by atoms with Gasteiger partial charge in [-0.2, -0.15) is 0 Å². The van der Waals surface area contributed by atoms with Crippen LogP contribution in [0, 0.1) is 11.8 Å². The van der Waals surface area contributed by atoms with E-state index in [1.165, 1.54) is 32.1 Å². The van der Waals surface area contributed by atoms with E-state index < -0.39 is 0 Å². The molecule has 1 aliphatic heterocycles. The van der Waals surface area contributed by atoms with Crippen molar-refractivity contribution in [2.75, 3.05) is 11.9 Å². The molecule has 1 saturated heterocycles. The molecule has 15 heavy (non-hydrogen) atoms. The lowest BCUT2D eigenvalue weighted by atomic mass is 9.98. The van der Waals surface area contributed by atoms with Crippen LogP contribution in [0.25, 0.3) is 0 Å². The lowest BCUT2D eigenvalue weighted by molar-refractivity contribution is -0.138. The van der Waals surface area contributed by atoms with Gasteiger partial charge in [0.1, 0.15) is 0 Å². The standard InChI is InChI=1S/C12H20BrNO/c1-9(10-5-6-10)12(15)14-7-3-2-4-11(14)8-13/h9-11H,2-8H2,1H3. The van der Waals surface area contributed by atoms with Crippen molar-refractivity contribution in [1.82, 2.24) is 4.90 Å². The molecule has 0 spiro atoms. The van der Waals surface area contributed by atoms with Crippen molar-refractivity contribution >= 4 is 21.8 Å². The van der Waals surface area contributed by atoms with E-state index in [9.17, 15) is 4.79 Å². The van der Waals surface area contributed by atoms with Gasteiger partial charge in [0.25, 0.3) is 0 Å². The minimum absolute atomic E-state index is 0.268. The lowest BCUT2D eigenvalue weighted by Crippen LogP contribution is -2.47. The Morgan fingerprint density at radius 1 is 1.40 bits per heavy atom. The third-order valence-corrected chi connectivity index (χ3v) is 4.55. The third kappa shape index (κ3) is 2.55. The summed E-state index contributed by atoms with van der Waals surface area (Å²) in [6, 6.07) is 0.451. The van der Waals surface area contributed by atoms with Crippen molar-refractivity contribution < 1.29 is 4.79 Å². The van der Waals surface area contributed by atoms with Gasteiger partial charge < -0.3 is 4.90 Å². The van der Waals surface area contributed by atoms with Gasteiger partial charge >= 0.3 is 0 Å². The molecule has 86 valence electrons. The number of piperidine rings is 1. The normalized spacial score (nSPS) is 28.9. The number of hydrogen-bond acceptors (Lipinski definition) is 1. The molecule has 1 aliphatic carbocycles. The van der Waals surface area contributed by atoms with Gasteiger partial charge in [-0.15, -0.1) is 0 Å². The number of likely N-dealkylation sites (tertiary alicyclic amines) is 1. The van der Waals surface area contributed by atoms with E-state index in [2.05, 4.69) is 27.8 Å². The first-order chi connectivity index (χ1) is 7.24. The molecule has 0 aromatic heterocycles. The molecule has 0 bridgehead atoms. The molecule has 2 atom stereocenters. The Morgan fingerprint density at radius 2 is 2.13 bits per heavy atom. The smallest absolute Gasteiger partial charge is 0.225 e. The molecule has 1 heterocycles. The SMILES string of the molecule is CC(C(=O)N1CCCCC1CBr)C1CC1. The first-order valence-electron chi connectivity index (χ1n) is 6.10. The molecule has 2 aliphatic rings. The van der Waals surface area contributed by atoms with Gasteiger partial charge in [-0.05, 0) is 38.0 Å². The molecular weight excluding hydrogens is 254 g/mol. The number of rotatable bonds is 3. The average Bonchev–Trinajstić information content (AvgIpc) is 3.11. The highest BCUT2D eigenvalue weighted by atomic mass is 79.9. The van der Waals surface area contributed by atoms with E-state index in [0.717, 1.165) is 11.9 Å². The van der Waals surface area contributed by atoms with Crippen LogP contribution in [-0.4, -0.2) is 28.7 Å². The number of carbonyl (C=O) groups excluding carboxylic acids is 1. The maximum Gasteiger partial charge on any atom is 0.225 e. The van der Waals surface area contributed by atoms with E-state index in [-0.39, 0.29) is 5.92 Å². The van der Waals surface area contributed by atoms with Crippen LogP contribution in [0.4, 0.5) is 0 Å². The molecule has 0 aromatic carbocycles. The number of amides is 1. The quantitative estimate of drug-likeness (QED) is 0.725. The summed E-state index contributed by atoms with van der Waals surface area (Å²) in [6.45, 7) is 3.09. The fraction of sp³-hybridized carbons (Fsp3) is 0.917. The number of nitrogens with zero attached hydrogens (tertiary/aromatic N) is 1. The Labute approximate surface area is 101 Å². The molecule has 0 N–H and O–H groups in total. The summed E-state index contributed by atoms with van der Waals surface area (Å²) in [6.07, 6.45) is 6.16. The topological polar surface area (TPSA) is 20.3 Å². The second-order valence-electron chi connectivity index (χ2n) is 4.96. The summed E-state index contributed by atoms with van der Waals surface area (Å²) in [4.78, 5) is 14.4.